The van der Waals surface area contributed by atoms with E-state index in [1.54, 1.807) is 0 Å². The number of halogens is 1. The normalized spacial score (nSPS) is 16.8. The van der Waals surface area contributed by atoms with Gasteiger partial charge in [0, 0.05) is 45.8 Å². The van der Waals surface area contributed by atoms with Crippen LogP contribution in [0, 0.1) is 0 Å². The van der Waals surface area contributed by atoms with Crippen molar-refractivity contribution < 1.29 is 0 Å². The number of hydrogen-bond acceptors (Lipinski definition) is 4. The first-order chi connectivity index (χ1) is 16.5. The van der Waals surface area contributed by atoms with E-state index in [1.807, 2.05) is 39.1 Å². The molecular weight excluding hydrogens is 444 g/mol. The molecular formula is C27H41ClN6. The van der Waals surface area contributed by atoms with Gasteiger partial charge in [-0.15, -0.1) is 0 Å². The maximum atomic E-state index is 6.76. The highest BCUT2D eigenvalue weighted by molar-refractivity contribution is 6.33. The van der Waals surface area contributed by atoms with Gasteiger partial charge >= 0.3 is 0 Å². The van der Waals surface area contributed by atoms with Gasteiger partial charge in [-0.25, -0.2) is 4.98 Å². The quantitative estimate of drug-likeness (QED) is 0.418. The van der Waals surface area contributed by atoms with Crippen LogP contribution in [0.25, 0.3) is 22.6 Å². The molecule has 0 fully saturated rings. The molecule has 0 spiro atoms. The van der Waals surface area contributed by atoms with Crippen LogP contribution in [-0.2, 0) is 20.1 Å². The second kappa shape index (κ2) is 12.5. The Balaban J connectivity index is 0.000000274. The van der Waals surface area contributed by atoms with Crippen LogP contribution in [0.5, 0.6) is 0 Å². The summed E-state index contributed by atoms with van der Waals surface area (Å²) in [7, 11) is 4.19. The molecule has 4 heterocycles. The lowest BCUT2D eigenvalue weighted by molar-refractivity contribution is 0.216. The zero-order valence-electron chi connectivity index (χ0n) is 21.8. The molecule has 0 saturated heterocycles. The number of imidazole rings is 1. The van der Waals surface area contributed by atoms with Crippen molar-refractivity contribution in [2.24, 2.45) is 7.05 Å². The second-order valence-electron chi connectivity index (χ2n) is 9.09. The van der Waals surface area contributed by atoms with Crippen LogP contribution in [0.4, 0.5) is 0 Å². The minimum absolute atomic E-state index is 0.502. The van der Waals surface area contributed by atoms with Crippen molar-refractivity contribution in [3.05, 3.63) is 47.1 Å². The van der Waals surface area contributed by atoms with Crippen molar-refractivity contribution in [1.82, 2.24) is 29.1 Å². The molecule has 0 bridgehead atoms. The number of nitrogens with zero attached hydrogens (tertiary/aromatic N) is 6. The summed E-state index contributed by atoms with van der Waals surface area (Å²) in [5.74, 6) is 0.831. The summed E-state index contributed by atoms with van der Waals surface area (Å²) >= 11 is 6.76. The predicted molar refractivity (Wildman–Crippen MR) is 144 cm³/mol. The van der Waals surface area contributed by atoms with Crippen molar-refractivity contribution in [3.63, 3.8) is 0 Å². The van der Waals surface area contributed by atoms with Gasteiger partial charge in [0.15, 0.2) is 5.82 Å². The molecule has 0 aliphatic carbocycles. The molecule has 6 nitrogen and oxygen atoms in total. The number of benzene rings is 1. The van der Waals surface area contributed by atoms with E-state index in [0.29, 0.717) is 6.04 Å². The van der Waals surface area contributed by atoms with Crippen LogP contribution >= 0.6 is 11.6 Å². The summed E-state index contributed by atoms with van der Waals surface area (Å²) in [5.41, 5.74) is 3.95. The first kappa shape index (κ1) is 26.5. The Morgan fingerprint density at radius 2 is 1.62 bits per heavy atom. The maximum absolute atomic E-state index is 6.76. The van der Waals surface area contributed by atoms with Gasteiger partial charge in [-0.1, -0.05) is 49.7 Å². The van der Waals surface area contributed by atoms with Gasteiger partial charge in [-0.3, -0.25) is 9.58 Å². The Morgan fingerprint density at radius 3 is 2.26 bits per heavy atom. The molecule has 0 radical (unpaired) electrons. The molecule has 2 aromatic heterocycles. The molecule has 7 heteroatoms. The lowest BCUT2D eigenvalue weighted by Crippen LogP contribution is -2.30. The first-order valence-corrected chi connectivity index (χ1v) is 13.1. The van der Waals surface area contributed by atoms with Crippen molar-refractivity contribution >= 4 is 22.6 Å². The Labute approximate surface area is 210 Å². The van der Waals surface area contributed by atoms with E-state index in [2.05, 4.69) is 58.2 Å². The minimum atomic E-state index is 0.502. The Kier molecular flexibility index (Phi) is 9.74. The third-order valence-corrected chi connectivity index (χ3v) is 6.81. The SMILES string of the molecule is CC.CC(C)N1CCCn2nc(-c3nc4ccccc4n3C)c(Cl)c2C1.CN1CCC=CCC1. The standard InChI is InChI=1S/C18H22ClN5.C7H13N.C2H6/c1-12(2)23-9-6-10-24-15(11-23)16(19)17(21-24)18-20-13-7-4-5-8-14(13)22(18)3;1-8-6-4-2-3-5-7-8;1-2/h4-5,7-8,12H,6,9-11H2,1-3H3;2-3H,4-7H2,1H3;1-2H3. The highest BCUT2D eigenvalue weighted by Gasteiger charge is 2.25. The number of para-hydroxylation sites is 2. The second-order valence-corrected chi connectivity index (χ2v) is 9.46. The van der Waals surface area contributed by atoms with Gasteiger partial charge in [0.2, 0.25) is 0 Å². The Hall–Kier alpha value is -2.15. The average molecular weight is 485 g/mol. The zero-order chi connectivity index (χ0) is 24.7. The predicted octanol–water partition coefficient (Wildman–Crippen LogP) is 6.00. The fourth-order valence-electron chi connectivity index (χ4n) is 4.38. The van der Waals surface area contributed by atoms with Gasteiger partial charge < -0.3 is 9.47 Å². The third-order valence-electron chi connectivity index (χ3n) is 6.41. The van der Waals surface area contributed by atoms with Gasteiger partial charge in [0.1, 0.15) is 5.69 Å². The monoisotopic (exact) mass is 484 g/mol. The number of aryl methyl sites for hydroxylation is 2. The van der Waals surface area contributed by atoms with Crippen molar-refractivity contribution in [2.75, 3.05) is 26.7 Å². The molecule has 1 aromatic carbocycles. The summed E-state index contributed by atoms with van der Waals surface area (Å²) in [6.07, 6.45) is 8.09. The molecule has 186 valence electrons. The molecule has 0 saturated carbocycles. The molecule has 0 unspecified atom stereocenters. The number of fused-ring (bicyclic) bond motifs is 2. The van der Waals surface area contributed by atoms with Gasteiger partial charge in [0.25, 0.3) is 0 Å². The minimum Gasteiger partial charge on any atom is -0.326 e. The van der Waals surface area contributed by atoms with Crippen molar-refractivity contribution in [1.29, 1.82) is 0 Å². The Bertz CT molecular complexity index is 1070. The number of hydrogen-bond donors (Lipinski definition) is 0. The van der Waals surface area contributed by atoms with E-state index in [-0.39, 0.29) is 0 Å². The average Bonchev–Trinajstić information content (AvgIpc) is 3.10. The summed E-state index contributed by atoms with van der Waals surface area (Å²) in [6.45, 7) is 13.8. The van der Waals surface area contributed by atoms with Crippen LogP contribution in [0.2, 0.25) is 5.02 Å². The maximum Gasteiger partial charge on any atom is 0.163 e. The fraction of sp³-hybridized carbons (Fsp3) is 0.556. The highest BCUT2D eigenvalue weighted by atomic mass is 35.5. The molecule has 2 aliphatic heterocycles. The van der Waals surface area contributed by atoms with E-state index >= 15 is 0 Å². The van der Waals surface area contributed by atoms with Crippen LogP contribution in [0.15, 0.2) is 36.4 Å². The molecule has 0 N–H and O–H groups in total. The molecule has 2 aliphatic rings. The smallest absolute Gasteiger partial charge is 0.163 e. The number of rotatable bonds is 2. The van der Waals surface area contributed by atoms with Crippen LogP contribution in [0.3, 0.4) is 0 Å². The summed E-state index contributed by atoms with van der Waals surface area (Å²) < 4.78 is 4.14. The summed E-state index contributed by atoms with van der Waals surface area (Å²) in [6, 6.07) is 8.62. The third kappa shape index (κ3) is 6.09. The highest BCUT2D eigenvalue weighted by Crippen LogP contribution is 2.33. The molecule has 34 heavy (non-hydrogen) atoms. The molecule has 0 atom stereocenters. The van der Waals surface area contributed by atoms with Gasteiger partial charge in [-0.2, -0.15) is 5.10 Å². The largest absolute Gasteiger partial charge is 0.326 e. The van der Waals surface area contributed by atoms with Crippen LogP contribution < -0.4 is 0 Å². The van der Waals surface area contributed by atoms with E-state index < -0.39 is 0 Å². The topological polar surface area (TPSA) is 42.1 Å². The van der Waals surface area contributed by atoms with Crippen LogP contribution in [-0.4, -0.2) is 61.9 Å². The first-order valence-electron chi connectivity index (χ1n) is 12.7. The van der Waals surface area contributed by atoms with E-state index in [9.17, 15) is 0 Å². The molecule has 5 rings (SSSR count). The van der Waals surface area contributed by atoms with E-state index in [1.165, 1.54) is 25.9 Å². The lowest BCUT2D eigenvalue weighted by atomic mass is 10.2. The molecule has 3 aromatic rings. The van der Waals surface area contributed by atoms with Crippen molar-refractivity contribution in [3.8, 4) is 11.5 Å². The Morgan fingerprint density at radius 1 is 0.941 bits per heavy atom. The van der Waals surface area contributed by atoms with Crippen molar-refractivity contribution in [2.45, 2.75) is 66.1 Å². The lowest BCUT2D eigenvalue weighted by Gasteiger charge is -2.23. The molecule has 0 amide bonds. The summed E-state index contributed by atoms with van der Waals surface area (Å²) in [4.78, 5) is 9.56. The van der Waals surface area contributed by atoms with Gasteiger partial charge in [0.05, 0.1) is 21.7 Å². The number of aromatic nitrogens is 4. The zero-order valence-corrected chi connectivity index (χ0v) is 22.5. The van der Waals surface area contributed by atoms with Crippen LogP contribution in [0.1, 0.15) is 52.7 Å². The fourth-order valence-corrected chi connectivity index (χ4v) is 4.66. The van der Waals surface area contributed by atoms with E-state index in [4.69, 9.17) is 21.7 Å². The van der Waals surface area contributed by atoms with Gasteiger partial charge in [-0.05, 0) is 52.3 Å². The van der Waals surface area contributed by atoms with E-state index in [0.717, 1.165) is 59.3 Å². The summed E-state index contributed by atoms with van der Waals surface area (Å²) in [5, 5.41) is 5.54.